The van der Waals surface area contributed by atoms with Crippen LogP contribution in [0.2, 0.25) is 0 Å². The number of esters is 1. The maximum Gasteiger partial charge on any atom is 0.331 e. The molecule has 0 aliphatic carbocycles. The third-order valence-electron chi connectivity index (χ3n) is 2.27. The van der Waals surface area contributed by atoms with Gasteiger partial charge in [0.15, 0.2) is 11.9 Å². The summed E-state index contributed by atoms with van der Waals surface area (Å²) in [6.07, 6.45) is 0.308. The Morgan fingerprint density at radius 3 is 2.35 bits per heavy atom. The molecule has 1 unspecified atom stereocenters. The van der Waals surface area contributed by atoms with Gasteiger partial charge in [0.05, 0.1) is 0 Å². The predicted octanol–water partition coefficient (Wildman–Crippen LogP) is 2.60. The van der Waals surface area contributed by atoms with Crippen molar-refractivity contribution < 1.29 is 14.3 Å². The van der Waals surface area contributed by atoms with E-state index in [1.807, 2.05) is 6.07 Å². The van der Waals surface area contributed by atoms with Crippen LogP contribution in [-0.2, 0) is 14.3 Å². The van der Waals surface area contributed by atoms with Crippen molar-refractivity contribution in [3.8, 4) is 0 Å². The molecule has 0 N–H and O–H groups in total. The second-order valence-electron chi connectivity index (χ2n) is 3.51. The zero-order valence-corrected chi connectivity index (χ0v) is 9.68. The molecule has 1 atom stereocenters. The molecule has 0 heterocycles. The summed E-state index contributed by atoms with van der Waals surface area (Å²) in [4.78, 5) is 22.5. The molecule has 0 bridgehead atoms. The molecule has 1 aromatic carbocycles. The van der Waals surface area contributed by atoms with Crippen molar-refractivity contribution in [2.75, 3.05) is 0 Å². The first kappa shape index (κ1) is 12.9. The Morgan fingerprint density at radius 1 is 1.29 bits per heavy atom. The lowest BCUT2D eigenvalue weighted by atomic mass is 10.0. The predicted molar refractivity (Wildman–Crippen MR) is 65.3 cm³/mol. The van der Waals surface area contributed by atoms with Gasteiger partial charge >= 0.3 is 5.97 Å². The van der Waals surface area contributed by atoms with Crippen molar-refractivity contribution in [3.63, 3.8) is 0 Å². The summed E-state index contributed by atoms with van der Waals surface area (Å²) >= 11 is 0. The molecular formula is C14H14O3. The summed E-state index contributed by atoms with van der Waals surface area (Å²) in [7, 11) is 0. The van der Waals surface area contributed by atoms with E-state index in [1.165, 1.54) is 6.92 Å². The van der Waals surface area contributed by atoms with Gasteiger partial charge in [0, 0.05) is 11.6 Å². The first-order chi connectivity index (χ1) is 8.06. The van der Waals surface area contributed by atoms with E-state index in [9.17, 15) is 9.59 Å². The molecule has 0 aliphatic heterocycles. The Kier molecular flexibility index (Phi) is 4.40. The first-order valence-corrected chi connectivity index (χ1v) is 5.14. The molecule has 17 heavy (non-hydrogen) atoms. The molecule has 1 aromatic rings. The molecule has 0 aliphatic rings. The van der Waals surface area contributed by atoms with Crippen LogP contribution >= 0.6 is 0 Å². The van der Waals surface area contributed by atoms with Crippen molar-refractivity contribution in [1.29, 1.82) is 0 Å². The van der Waals surface area contributed by atoms with E-state index < -0.39 is 12.1 Å². The van der Waals surface area contributed by atoms with Crippen LogP contribution in [0.15, 0.2) is 55.1 Å². The molecule has 0 fully saturated rings. The van der Waals surface area contributed by atoms with Gasteiger partial charge in [0.2, 0.25) is 0 Å². The molecule has 1 rings (SSSR count). The highest BCUT2D eigenvalue weighted by Gasteiger charge is 2.21. The van der Waals surface area contributed by atoms with Gasteiger partial charge in [-0.05, 0) is 12.5 Å². The maximum absolute atomic E-state index is 11.3. The van der Waals surface area contributed by atoms with Gasteiger partial charge in [0.25, 0.3) is 0 Å². The number of rotatable bonds is 5. The van der Waals surface area contributed by atoms with Crippen LogP contribution in [0.25, 0.3) is 0 Å². The standard InChI is InChI=1S/C14H14O3/c1-4-13(16)17-14(10(2)11(3)15)12-8-6-5-7-9-12/h4-9,14H,1-2H2,3H3. The quantitative estimate of drug-likeness (QED) is 0.577. The third-order valence-corrected chi connectivity index (χ3v) is 2.27. The van der Waals surface area contributed by atoms with Crippen molar-refractivity contribution >= 4 is 11.8 Å². The fourth-order valence-corrected chi connectivity index (χ4v) is 1.32. The van der Waals surface area contributed by atoms with Gasteiger partial charge in [-0.25, -0.2) is 4.79 Å². The number of hydrogen-bond acceptors (Lipinski definition) is 3. The van der Waals surface area contributed by atoms with E-state index >= 15 is 0 Å². The van der Waals surface area contributed by atoms with Crippen LogP contribution in [0.3, 0.4) is 0 Å². The normalized spacial score (nSPS) is 11.4. The molecular weight excluding hydrogens is 216 g/mol. The average Bonchev–Trinajstić information content (AvgIpc) is 2.35. The highest BCUT2D eigenvalue weighted by molar-refractivity contribution is 5.94. The highest BCUT2D eigenvalue weighted by Crippen LogP contribution is 2.25. The molecule has 0 saturated heterocycles. The van der Waals surface area contributed by atoms with Gasteiger partial charge in [-0.15, -0.1) is 0 Å². The largest absolute Gasteiger partial charge is 0.449 e. The number of carbonyl (C=O) groups is 2. The number of ketones is 1. The SMILES string of the molecule is C=CC(=O)OC(C(=C)C(C)=O)c1ccccc1. The van der Waals surface area contributed by atoms with Gasteiger partial charge in [0.1, 0.15) is 0 Å². The lowest BCUT2D eigenvalue weighted by Crippen LogP contribution is -2.15. The molecule has 88 valence electrons. The zero-order chi connectivity index (χ0) is 12.8. The Morgan fingerprint density at radius 2 is 1.88 bits per heavy atom. The molecule has 0 saturated carbocycles. The number of carbonyl (C=O) groups excluding carboxylic acids is 2. The topological polar surface area (TPSA) is 43.4 Å². The summed E-state index contributed by atoms with van der Waals surface area (Å²) in [6.45, 7) is 8.37. The second kappa shape index (κ2) is 5.80. The van der Waals surface area contributed by atoms with Crippen LogP contribution in [-0.4, -0.2) is 11.8 Å². The summed E-state index contributed by atoms with van der Waals surface area (Å²) in [5, 5.41) is 0. The Bertz CT molecular complexity index is 446. The van der Waals surface area contributed by atoms with Crippen LogP contribution in [0.4, 0.5) is 0 Å². The minimum atomic E-state index is -0.751. The fraction of sp³-hybridized carbons (Fsp3) is 0.143. The number of Topliss-reactive ketones (excluding diaryl/α,β-unsaturated/α-hetero) is 1. The van der Waals surface area contributed by atoms with Crippen LogP contribution in [0.5, 0.6) is 0 Å². The van der Waals surface area contributed by atoms with E-state index in [0.717, 1.165) is 6.08 Å². The minimum absolute atomic E-state index is 0.212. The zero-order valence-electron chi connectivity index (χ0n) is 9.68. The summed E-state index contributed by atoms with van der Waals surface area (Å²) in [5.41, 5.74) is 0.953. The Balaban J connectivity index is 3.02. The Hall–Kier alpha value is -2.16. The molecule has 0 spiro atoms. The first-order valence-electron chi connectivity index (χ1n) is 5.14. The maximum atomic E-state index is 11.3. The Labute approximate surface area is 100 Å². The lowest BCUT2D eigenvalue weighted by molar-refractivity contribution is -0.142. The van der Waals surface area contributed by atoms with E-state index in [-0.39, 0.29) is 11.4 Å². The second-order valence-corrected chi connectivity index (χ2v) is 3.51. The summed E-state index contributed by atoms with van der Waals surface area (Å²) in [6, 6.07) is 8.99. The molecule has 3 nitrogen and oxygen atoms in total. The van der Waals surface area contributed by atoms with Crippen molar-refractivity contribution in [3.05, 3.63) is 60.7 Å². The average molecular weight is 230 g/mol. The smallest absolute Gasteiger partial charge is 0.331 e. The van der Waals surface area contributed by atoms with E-state index in [0.29, 0.717) is 5.56 Å². The number of hydrogen-bond donors (Lipinski definition) is 0. The van der Waals surface area contributed by atoms with Crippen molar-refractivity contribution in [2.24, 2.45) is 0 Å². The number of ether oxygens (including phenoxy) is 1. The van der Waals surface area contributed by atoms with Gasteiger partial charge in [-0.1, -0.05) is 43.5 Å². The van der Waals surface area contributed by atoms with Gasteiger partial charge < -0.3 is 4.74 Å². The summed E-state index contributed by atoms with van der Waals surface area (Å²) in [5.74, 6) is -0.794. The molecule has 0 aromatic heterocycles. The molecule has 0 amide bonds. The van der Waals surface area contributed by atoms with E-state index in [4.69, 9.17) is 4.74 Å². The van der Waals surface area contributed by atoms with Gasteiger partial charge in [-0.3, -0.25) is 4.79 Å². The van der Waals surface area contributed by atoms with Gasteiger partial charge in [-0.2, -0.15) is 0 Å². The number of benzene rings is 1. The fourth-order valence-electron chi connectivity index (χ4n) is 1.32. The van der Waals surface area contributed by atoms with Crippen molar-refractivity contribution in [2.45, 2.75) is 13.0 Å². The van der Waals surface area contributed by atoms with Crippen LogP contribution in [0, 0.1) is 0 Å². The van der Waals surface area contributed by atoms with Crippen LogP contribution < -0.4 is 0 Å². The molecule has 3 heteroatoms. The lowest BCUT2D eigenvalue weighted by Gasteiger charge is -2.18. The minimum Gasteiger partial charge on any atom is -0.449 e. The van der Waals surface area contributed by atoms with E-state index in [2.05, 4.69) is 13.2 Å². The highest BCUT2D eigenvalue weighted by atomic mass is 16.5. The monoisotopic (exact) mass is 230 g/mol. The third kappa shape index (κ3) is 3.41. The van der Waals surface area contributed by atoms with E-state index in [1.54, 1.807) is 24.3 Å². The summed E-state index contributed by atoms with van der Waals surface area (Å²) < 4.78 is 5.13. The molecule has 0 radical (unpaired) electrons. The van der Waals surface area contributed by atoms with Crippen molar-refractivity contribution in [1.82, 2.24) is 0 Å². The van der Waals surface area contributed by atoms with Crippen LogP contribution in [0.1, 0.15) is 18.6 Å².